The van der Waals surface area contributed by atoms with Crippen molar-refractivity contribution in [3.8, 4) is 17.2 Å². The molecule has 0 radical (unpaired) electrons. The molecule has 2 heterocycles. The number of likely N-dealkylation sites (tertiary alicyclic amines) is 2. The van der Waals surface area contributed by atoms with E-state index < -0.39 is 5.41 Å². The predicted molar refractivity (Wildman–Crippen MR) is 180 cm³/mol. The number of carbonyl (C=O) groups excluding carboxylic acids is 2. The Morgan fingerprint density at radius 1 is 0.911 bits per heavy atom. The van der Waals surface area contributed by atoms with Crippen molar-refractivity contribution in [1.82, 2.24) is 9.80 Å². The summed E-state index contributed by atoms with van der Waals surface area (Å²) in [6.45, 7) is 4.76. The van der Waals surface area contributed by atoms with E-state index in [2.05, 4.69) is 11.8 Å². The SMILES string of the molecule is COc1cc(C(=O)N2CCC(C(C)N3CCC(C(N)=O)(c4ccccc4)C(c4ccc(Cl)c(Cl)c4)C3)C2)cc(OC)c1OC.Cl. The summed E-state index contributed by atoms with van der Waals surface area (Å²) in [7, 11) is 4.61. The zero-order valence-electron chi connectivity index (χ0n) is 25.9. The molecule has 3 aromatic rings. The maximum Gasteiger partial charge on any atom is 0.254 e. The van der Waals surface area contributed by atoms with Crippen LogP contribution >= 0.6 is 35.6 Å². The maximum absolute atomic E-state index is 13.6. The van der Waals surface area contributed by atoms with E-state index in [1.807, 2.05) is 47.4 Å². The van der Waals surface area contributed by atoms with E-state index in [9.17, 15) is 9.59 Å². The molecule has 8 nitrogen and oxygen atoms in total. The first-order valence-corrected chi connectivity index (χ1v) is 15.5. The van der Waals surface area contributed by atoms with E-state index in [4.69, 9.17) is 43.1 Å². The number of primary amides is 1. The molecule has 2 N–H and O–H groups in total. The molecule has 5 rings (SSSR count). The third kappa shape index (κ3) is 6.57. The molecule has 0 spiro atoms. The molecule has 2 aliphatic heterocycles. The topological polar surface area (TPSA) is 94.3 Å². The van der Waals surface area contributed by atoms with Crippen molar-refractivity contribution in [3.05, 3.63) is 87.4 Å². The van der Waals surface area contributed by atoms with Gasteiger partial charge in [0.05, 0.1) is 36.8 Å². The van der Waals surface area contributed by atoms with Gasteiger partial charge in [-0.1, -0.05) is 59.6 Å². The molecule has 2 aliphatic rings. The van der Waals surface area contributed by atoms with Crippen LogP contribution in [0.2, 0.25) is 10.0 Å². The van der Waals surface area contributed by atoms with Gasteiger partial charge in [-0.15, -0.1) is 12.4 Å². The fourth-order valence-electron chi connectivity index (χ4n) is 7.03. The largest absolute Gasteiger partial charge is 0.493 e. The predicted octanol–water partition coefficient (Wildman–Crippen LogP) is 6.20. The standard InChI is InChI=1S/C34H39Cl2N3O5.ClH/c1-21(23-12-14-39(19-23)32(40)24-17-29(42-2)31(44-4)30(18-24)43-3)38-15-13-34(33(37)41,25-8-6-5-7-9-25)26(20-38)22-10-11-27(35)28(36)16-22;/h5-11,16-18,21,23,26H,12-15,19-20H2,1-4H3,(H2,37,41);1H. The van der Waals surface area contributed by atoms with Crippen LogP contribution < -0.4 is 19.9 Å². The van der Waals surface area contributed by atoms with Gasteiger partial charge in [-0.2, -0.15) is 0 Å². The van der Waals surface area contributed by atoms with Gasteiger partial charge in [0.15, 0.2) is 11.5 Å². The average molecular weight is 677 g/mol. The molecule has 4 atom stereocenters. The van der Waals surface area contributed by atoms with Gasteiger partial charge in [-0.3, -0.25) is 14.5 Å². The Balaban J connectivity index is 0.00000461. The molecule has 0 aromatic heterocycles. The number of halogens is 3. The second-order valence-corrected chi connectivity index (χ2v) is 12.4. The van der Waals surface area contributed by atoms with Gasteiger partial charge in [0, 0.05) is 37.2 Å². The fraction of sp³-hybridized carbons (Fsp3) is 0.412. The van der Waals surface area contributed by atoms with Crippen molar-refractivity contribution in [2.24, 2.45) is 11.7 Å². The number of ether oxygens (including phenoxy) is 3. The Morgan fingerprint density at radius 3 is 2.16 bits per heavy atom. The monoisotopic (exact) mass is 675 g/mol. The van der Waals surface area contributed by atoms with Crippen molar-refractivity contribution < 1.29 is 23.8 Å². The van der Waals surface area contributed by atoms with Gasteiger partial charge in [-0.25, -0.2) is 0 Å². The number of benzene rings is 3. The summed E-state index contributed by atoms with van der Waals surface area (Å²) in [6.07, 6.45) is 1.42. The third-order valence-corrected chi connectivity index (χ3v) is 10.3. The molecule has 3 aromatic carbocycles. The van der Waals surface area contributed by atoms with Crippen LogP contribution in [0.15, 0.2) is 60.7 Å². The molecule has 45 heavy (non-hydrogen) atoms. The molecule has 0 aliphatic carbocycles. The van der Waals surface area contributed by atoms with Crippen LogP contribution in [0.5, 0.6) is 17.2 Å². The number of hydrogen-bond acceptors (Lipinski definition) is 6. The number of nitrogens with two attached hydrogens (primary N) is 1. The molecule has 242 valence electrons. The fourth-order valence-corrected chi connectivity index (χ4v) is 7.34. The van der Waals surface area contributed by atoms with Crippen LogP contribution in [0.3, 0.4) is 0 Å². The lowest BCUT2D eigenvalue weighted by Crippen LogP contribution is -2.57. The van der Waals surface area contributed by atoms with Crippen LogP contribution in [0.25, 0.3) is 0 Å². The highest BCUT2D eigenvalue weighted by Gasteiger charge is 2.51. The highest BCUT2D eigenvalue weighted by Crippen LogP contribution is 2.47. The number of rotatable bonds is 9. The number of hydrogen-bond donors (Lipinski definition) is 1. The minimum absolute atomic E-state index is 0. The van der Waals surface area contributed by atoms with E-state index in [1.165, 1.54) is 21.3 Å². The first-order chi connectivity index (χ1) is 21.1. The quantitative estimate of drug-likeness (QED) is 0.290. The number of nitrogens with zero attached hydrogens (tertiary/aromatic N) is 2. The molecule has 4 unspecified atom stereocenters. The Bertz CT molecular complexity index is 1500. The molecular weight excluding hydrogens is 637 g/mol. The molecule has 0 saturated carbocycles. The van der Waals surface area contributed by atoms with Crippen molar-refractivity contribution >= 4 is 47.4 Å². The zero-order chi connectivity index (χ0) is 31.6. The summed E-state index contributed by atoms with van der Waals surface area (Å²) in [5.74, 6) is 0.899. The van der Waals surface area contributed by atoms with Gasteiger partial charge in [-0.05, 0) is 67.6 Å². The summed E-state index contributed by atoms with van der Waals surface area (Å²) in [4.78, 5) is 31.3. The van der Waals surface area contributed by atoms with Gasteiger partial charge in [0.2, 0.25) is 11.7 Å². The number of methoxy groups -OCH3 is 3. The van der Waals surface area contributed by atoms with Crippen molar-refractivity contribution in [1.29, 1.82) is 0 Å². The van der Waals surface area contributed by atoms with E-state index >= 15 is 0 Å². The summed E-state index contributed by atoms with van der Waals surface area (Å²) >= 11 is 12.8. The smallest absolute Gasteiger partial charge is 0.254 e. The number of carbonyl (C=O) groups is 2. The molecule has 2 saturated heterocycles. The summed E-state index contributed by atoms with van der Waals surface area (Å²) in [5, 5.41) is 0.904. The van der Waals surface area contributed by atoms with Gasteiger partial charge in [0.1, 0.15) is 0 Å². The first-order valence-electron chi connectivity index (χ1n) is 14.8. The Morgan fingerprint density at radius 2 is 1.58 bits per heavy atom. The van der Waals surface area contributed by atoms with Gasteiger partial charge >= 0.3 is 0 Å². The molecule has 11 heteroatoms. The zero-order valence-corrected chi connectivity index (χ0v) is 28.3. The Kier molecular flexibility index (Phi) is 11.2. The van der Waals surface area contributed by atoms with Crippen molar-refractivity contribution in [2.45, 2.75) is 37.1 Å². The van der Waals surface area contributed by atoms with Gasteiger partial charge < -0.3 is 24.8 Å². The highest BCUT2D eigenvalue weighted by molar-refractivity contribution is 6.42. The minimum atomic E-state index is -0.904. The molecular formula is C34H40Cl3N3O5. The van der Waals surface area contributed by atoms with E-state index in [0.717, 1.165) is 17.5 Å². The van der Waals surface area contributed by atoms with Crippen LogP contribution in [0.1, 0.15) is 47.2 Å². The average Bonchev–Trinajstić information content (AvgIpc) is 3.55. The van der Waals surface area contributed by atoms with Gasteiger partial charge in [0.25, 0.3) is 5.91 Å². The van der Waals surface area contributed by atoms with Crippen LogP contribution in [0.4, 0.5) is 0 Å². The maximum atomic E-state index is 13.6. The van der Waals surface area contributed by atoms with E-state index in [0.29, 0.717) is 65.5 Å². The van der Waals surface area contributed by atoms with Crippen LogP contribution in [-0.4, -0.2) is 75.2 Å². The second-order valence-electron chi connectivity index (χ2n) is 11.6. The molecule has 0 bridgehead atoms. The van der Waals surface area contributed by atoms with Crippen LogP contribution in [-0.2, 0) is 10.2 Å². The highest BCUT2D eigenvalue weighted by atomic mass is 35.5. The second kappa shape index (κ2) is 14.5. The van der Waals surface area contributed by atoms with Crippen molar-refractivity contribution in [2.75, 3.05) is 47.5 Å². The van der Waals surface area contributed by atoms with Crippen molar-refractivity contribution in [3.63, 3.8) is 0 Å². The Labute approximate surface area is 281 Å². The first kappa shape index (κ1) is 34.7. The normalized spacial score (nSPS) is 22.3. The lowest BCUT2D eigenvalue weighted by atomic mass is 9.62. The number of piperidine rings is 1. The van der Waals surface area contributed by atoms with E-state index in [1.54, 1.807) is 18.2 Å². The third-order valence-electron chi connectivity index (χ3n) is 9.56. The summed E-state index contributed by atoms with van der Waals surface area (Å²) in [5.41, 5.74) is 7.66. The van der Waals surface area contributed by atoms with E-state index in [-0.39, 0.29) is 42.1 Å². The lowest BCUT2D eigenvalue weighted by Gasteiger charge is -2.49. The summed E-state index contributed by atoms with van der Waals surface area (Å²) in [6, 6.07) is 18.9. The lowest BCUT2D eigenvalue weighted by molar-refractivity contribution is -0.126. The van der Waals surface area contributed by atoms with Crippen LogP contribution in [0, 0.1) is 5.92 Å². The Hall–Kier alpha value is -3.17. The minimum Gasteiger partial charge on any atom is -0.493 e. The molecule has 2 amide bonds. The molecule has 2 fully saturated rings. The number of amides is 2. The summed E-state index contributed by atoms with van der Waals surface area (Å²) < 4.78 is 16.4.